The fourth-order valence-electron chi connectivity index (χ4n) is 2.10. The van der Waals surface area contributed by atoms with Gasteiger partial charge in [0.1, 0.15) is 0 Å². The van der Waals surface area contributed by atoms with Crippen molar-refractivity contribution in [3.8, 4) is 0 Å². The van der Waals surface area contributed by atoms with Crippen molar-refractivity contribution in [3.05, 3.63) is 30.0 Å². The molecule has 2 aromatic rings. The smallest absolute Gasteiger partial charge is 0.0727 e. The van der Waals surface area contributed by atoms with E-state index in [1.807, 2.05) is 31.2 Å². The Balaban J connectivity index is 2.07. The molecule has 2 rings (SSSR count). The quantitative estimate of drug-likeness (QED) is 0.626. The van der Waals surface area contributed by atoms with E-state index >= 15 is 0 Å². The molecule has 0 amide bonds. The molecule has 0 saturated carbocycles. The maximum Gasteiger partial charge on any atom is 0.0727 e. The molecule has 0 aliphatic heterocycles. The van der Waals surface area contributed by atoms with Crippen molar-refractivity contribution < 1.29 is 4.74 Å². The first-order chi connectivity index (χ1) is 9.56. The number of fused-ring (bicyclic) bond motifs is 1. The molecule has 1 heterocycles. The number of benzene rings is 1. The van der Waals surface area contributed by atoms with E-state index in [1.165, 1.54) is 0 Å². The zero-order valence-electron chi connectivity index (χ0n) is 12.4. The molecule has 0 unspecified atom stereocenters. The standard InChI is InChI=1S/C16H23N3O/c1-11(2)10-20-7-6-18-16-8-12(3)19-15-5-4-13(17)9-14(15)16/h4-5,8-9,11H,6-7,10,17H2,1-3H3,(H,18,19). The van der Waals surface area contributed by atoms with Gasteiger partial charge < -0.3 is 15.8 Å². The van der Waals surface area contributed by atoms with Crippen molar-refractivity contribution >= 4 is 22.3 Å². The van der Waals surface area contributed by atoms with Gasteiger partial charge in [0, 0.05) is 35.6 Å². The van der Waals surface area contributed by atoms with Crippen molar-refractivity contribution in [3.63, 3.8) is 0 Å². The fourth-order valence-corrected chi connectivity index (χ4v) is 2.10. The van der Waals surface area contributed by atoms with Crippen molar-refractivity contribution in [2.24, 2.45) is 5.92 Å². The summed E-state index contributed by atoms with van der Waals surface area (Å²) in [4.78, 5) is 4.52. The van der Waals surface area contributed by atoms with Crippen LogP contribution in [0.5, 0.6) is 0 Å². The molecule has 0 bridgehead atoms. The predicted molar refractivity (Wildman–Crippen MR) is 85.0 cm³/mol. The number of nitrogens with zero attached hydrogens (tertiary/aromatic N) is 1. The molecule has 3 N–H and O–H groups in total. The van der Waals surface area contributed by atoms with Gasteiger partial charge in [-0.2, -0.15) is 0 Å². The van der Waals surface area contributed by atoms with E-state index in [9.17, 15) is 0 Å². The lowest BCUT2D eigenvalue weighted by Crippen LogP contribution is -2.12. The summed E-state index contributed by atoms with van der Waals surface area (Å²) >= 11 is 0. The Morgan fingerprint density at radius 3 is 2.85 bits per heavy atom. The summed E-state index contributed by atoms with van der Waals surface area (Å²) in [6, 6.07) is 7.84. The molecule has 0 radical (unpaired) electrons. The van der Waals surface area contributed by atoms with Crippen molar-refractivity contribution in [2.45, 2.75) is 20.8 Å². The van der Waals surface area contributed by atoms with E-state index in [0.717, 1.165) is 41.1 Å². The lowest BCUT2D eigenvalue weighted by Gasteiger charge is -2.12. The molecular weight excluding hydrogens is 250 g/mol. The van der Waals surface area contributed by atoms with Gasteiger partial charge in [-0.1, -0.05) is 13.8 Å². The average molecular weight is 273 g/mol. The monoisotopic (exact) mass is 273 g/mol. The number of nitrogens with two attached hydrogens (primary N) is 1. The Labute approximate surface area is 120 Å². The second-order valence-electron chi connectivity index (χ2n) is 5.48. The van der Waals surface area contributed by atoms with Gasteiger partial charge in [0.05, 0.1) is 12.1 Å². The minimum Gasteiger partial charge on any atom is -0.399 e. The summed E-state index contributed by atoms with van der Waals surface area (Å²) in [6.45, 7) is 8.57. The molecular formula is C16H23N3O. The molecule has 1 aromatic heterocycles. The lowest BCUT2D eigenvalue weighted by molar-refractivity contribution is 0.118. The fraction of sp³-hybridized carbons (Fsp3) is 0.438. The zero-order valence-corrected chi connectivity index (χ0v) is 12.4. The second kappa shape index (κ2) is 6.57. The number of rotatable bonds is 6. The molecule has 108 valence electrons. The first-order valence-corrected chi connectivity index (χ1v) is 7.05. The van der Waals surface area contributed by atoms with E-state index in [-0.39, 0.29) is 0 Å². The number of aryl methyl sites for hydroxylation is 1. The maximum absolute atomic E-state index is 5.86. The van der Waals surface area contributed by atoms with Gasteiger partial charge in [-0.15, -0.1) is 0 Å². The Hall–Kier alpha value is -1.81. The topological polar surface area (TPSA) is 60.2 Å². The van der Waals surface area contributed by atoms with Crippen LogP contribution >= 0.6 is 0 Å². The molecule has 1 aromatic carbocycles. The predicted octanol–water partition coefficient (Wildman–Crippen LogP) is 3.21. The van der Waals surface area contributed by atoms with Crippen LogP contribution in [0.15, 0.2) is 24.3 Å². The van der Waals surface area contributed by atoms with Crippen LogP contribution in [0.3, 0.4) is 0 Å². The number of hydrogen-bond acceptors (Lipinski definition) is 4. The van der Waals surface area contributed by atoms with Gasteiger partial charge in [0.2, 0.25) is 0 Å². The third kappa shape index (κ3) is 3.84. The first-order valence-electron chi connectivity index (χ1n) is 7.05. The Morgan fingerprint density at radius 1 is 1.30 bits per heavy atom. The molecule has 0 atom stereocenters. The number of ether oxygens (including phenoxy) is 1. The van der Waals surface area contributed by atoms with Crippen molar-refractivity contribution in [1.29, 1.82) is 0 Å². The molecule has 4 heteroatoms. The maximum atomic E-state index is 5.86. The Morgan fingerprint density at radius 2 is 2.10 bits per heavy atom. The van der Waals surface area contributed by atoms with E-state index in [1.54, 1.807) is 0 Å². The third-order valence-corrected chi connectivity index (χ3v) is 2.97. The van der Waals surface area contributed by atoms with Crippen molar-refractivity contribution in [1.82, 2.24) is 4.98 Å². The highest BCUT2D eigenvalue weighted by Crippen LogP contribution is 2.25. The van der Waals surface area contributed by atoms with E-state index in [4.69, 9.17) is 10.5 Å². The number of hydrogen-bond donors (Lipinski definition) is 2. The lowest BCUT2D eigenvalue weighted by atomic mass is 10.1. The van der Waals surface area contributed by atoms with Crippen molar-refractivity contribution in [2.75, 3.05) is 30.8 Å². The van der Waals surface area contributed by atoms with E-state index < -0.39 is 0 Å². The van der Waals surface area contributed by atoms with Crippen LogP contribution in [0.2, 0.25) is 0 Å². The van der Waals surface area contributed by atoms with Crippen LogP contribution in [0.4, 0.5) is 11.4 Å². The van der Waals surface area contributed by atoms with Crippen LogP contribution in [0, 0.1) is 12.8 Å². The second-order valence-corrected chi connectivity index (χ2v) is 5.48. The number of pyridine rings is 1. The number of anilines is 2. The van der Waals surface area contributed by atoms with Gasteiger partial charge in [-0.05, 0) is 37.1 Å². The van der Waals surface area contributed by atoms with Gasteiger partial charge >= 0.3 is 0 Å². The summed E-state index contributed by atoms with van der Waals surface area (Å²) in [5, 5.41) is 4.46. The normalized spacial score (nSPS) is 11.2. The molecule has 0 spiro atoms. The summed E-state index contributed by atoms with van der Waals surface area (Å²) in [6.07, 6.45) is 0. The van der Waals surface area contributed by atoms with Crippen LogP contribution in [0.1, 0.15) is 19.5 Å². The molecule has 20 heavy (non-hydrogen) atoms. The summed E-state index contributed by atoms with van der Waals surface area (Å²) in [5.74, 6) is 0.568. The summed E-state index contributed by atoms with van der Waals surface area (Å²) in [5.41, 5.74) is 9.63. The largest absolute Gasteiger partial charge is 0.399 e. The molecule has 4 nitrogen and oxygen atoms in total. The minimum atomic E-state index is 0.568. The summed E-state index contributed by atoms with van der Waals surface area (Å²) < 4.78 is 5.58. The number of aromatic nitrogens is 1. The van der Waals surface area contributed by atoms with Gasteiger partial charge in [-0.3, -0.25) is 4.98 Å². The summed E-state index contributed by atoms with van der Waals surface area (Å²) in [7, 11) is 0. The van der Waals surface area contributed by atoms with Crippen LogP contribution in [-0.2, 0) is 4.74 Å². The van der Waals surface area contributed by atoms with E-state index in [2.05, 4.69) is 24.1 Å². The Bertz CT molecular complexity index is 581. The van der Waals surface area contributed by atoms with Crippen LogP contribution in [-0.4, -0.2) is 24.7 Å². The average Bonchev–Trinajstić information content (AvgIpc) is 2.38. The van der Waals surface area contributed by atoms with Crippen LogP contribution in [0.25, 0.3) is 10.9 Å². The minimum absolute atomic E-state index is 0.568. The molecule has 0 aliphatic rings. The third-order valence-electron chi connectivity index (χ3n) is 2.97. The number of nitrogen functional groups attached to an aromatic ring is 1. The highest BCUT2D eigenvalue weighted by atomic mass is 16.5. The Kier molecular flexibility index (Phi) is 4.79. The zero-order chi connectivity index (χ0) is 14.5. The van der Waals surface area contributed by atoms with Gasteiger partial charge in [-0.25, -0.2) is 0 Å². The molecule has 0 fully saturated rings. The highest BCUT2D eigenvalue weighted by molar-refractivity contribution is 5.93. The number of nitrogens with one attached hydrogen (secondary N) is 1. The van der Waals surface area contributed by atoms with Gasteiger partial charge in [0.15, 0.2) is 0 Å². The van der Waals surface area contributed by atoms with Gasteiger partial charge in [0.25, 0.3) is 0 Å². The SMILES string of the molecule is Cc1cc(NCCOCC(C)C)c2cc(N)ccc2n1. The molecule has 0 aliphatic carbocycles. The van der Waals surface area contributed by atoms with E-state index in [0.29, 0.717) is 12.5 Å². The highest BCUT2D eigenvalue weighted by Gasteiger charge is 2.04. The van der Waals surface area contributed by atoms with Crippen LogP contribution < -0.4 is 11.1 Å². The molecule has 0 saturated heterocycles. The first kappa shape index (κ1) is 14.6.